The summed E-state index contributed by atoms with van der Waals surface area (Å²) in [4.78, 5) is 14.8. The lowest BCUT2D eigenvalue weighted by Crippen LogP contribution is -2.24. The summed E-state index contributed by atoms with van der Waals surface area (Å²) >= 11 is 0. The van der Waals surface area contributed by atoms with Crippen LogP contribution < -0.4 is 9.80 Å². The lowest BCUT2D eigenvalue weighted by molar-refractivity contribution is 0.279. The second-order valence-corrected chi connectivity index (χ2v) is 7.33. The fraction of sp³-hybridized carbons (Fsp3) is 0.500. The van der Waals surface area contributed by atoms with Gasteiger partial charge in [-0.2, -0.15) is 9.97 Å². The number of nitrogens with zero attached hydrogens (tertiary/aromatic N) is 5. The summed E-state index contributed by atoms with van der Waals surface area (Å²) in [5, 5.41) is 12.0. The summed E-state index contributed by atoms with van der Waals surface area (Å²) in [7, 11) is 0. The molecule has 0 saturated carbocycles. The van der Waals surface area contributed by atoms with Crippen molar-refractivity contribution in [2.45, 2.75) is 32.2 Å². The van der Waals surface area contributed by atoms with E-state index in [2.05, 4.69) is 38.6 Å². The molecule has 1 N–H and O–H groups in total. The lowest BCUT2D eigenvalue weighted by atomic mass is 10.2. The minimum atomic E-state index is 0.107. The fourth-order valence-electron chi connectivity index (χ4n) is 4.44. The van der Waals surface area contributed by atoms with Crippen LogP contribution >= 0.6 is 0 Å². The van der Waals surface area contributed by atoms with Crippen molar-refractivity contribution in [1.29, 1.82) is 0 Å². The zero-order valence-corrected chi connectivity index (χ0v) is 15.1. The Hall–Kier alpha value is -2.34. The summed E-state index contributed by atoms with van der Waals surface area (Å²) in [6, 6.07) is 8.41. The zero-order chi connectivity index (χ0) is 17.5. The number of hydrogen-bond donors (Lipinski definition) is 1. The topological polar surface area (TPSA) is 57.4 Å². The number of hydrogen-bond acceptors (Lipinski definition) is 5. The van der Waals surface area contributed by atoms with E-state index >= 15 is 0 Å². The van der Waals surface area contributed by atoms with E-state index in [4.69, 9.17) is 9.97 Å². The van der Waals surface area contributed by atoms with Crippen LogP contribution in [0, 0.1) is 0 Å². The van der Waals surface area contributed by atoms with Gasteiger partial charge in [0, 0.05) is 38.1 Å². The Bertz CT molecular complexity index is 938. The van der Waals surface area contributed by atoms with Crippen LogP contribution in [0.25, 0.3) is 21.9 Å². The van der Waals surface area contributed by atoms with Crippen molar-refractivity contribution in [1.82, 2.24) is 14.5 Å². The van der Waals surface area contributed by atoms with Crippen molar-refractivity contribution >= 4 is 33.7 Å². The van der Waals surface area contributed by atoms with E-state index in [1.807, 2.05) is 0 Å². The zero-order valence-electron chi connectivity index (χ0n) is 15.1. The van der Waals surface area contributed by atoms with Gasteiger partial charge in [0.15, 0.2) is 0 Å². The summed E-state index contributed by atoms with van der Waals surface area (Å²) in [6.45, 7) is 4.85. The molecule has 3 aromatic rings. The van der Waals surface area contributed by atoms with E-state index in [0.717, 1.165) is 54.5 Å². The Labute approximate surface area is 153 Å². The molecule has 0 amide bonds. The third-order valence-corrected chi connectivity index (χ3v) is 5.70. The third-order valence-electron chi connectivity index (χ3n) is 5.70. The molecule has 4 heterocycles. The van der Waals surface area contributed by atoms with Crippen LogP contribution in [0.2, 0.25) is 0 Å². The van der Waals surface area contributed by atoms with Gasteiger partial charge in [-0.25, -0.2) is 0 Å². The van der Waals surface area contributed by atoms with Crippen molar-refractivity contribution in [2.24, 2.45) is 0 Å². The van der Waals surface area contributed by atoms with Crippen LogP contribution in [0.15, 0.2) is 24.3 Å². The molecule has 5 rings (SSSR count). The molecule has 6 heteroatoms. The summed E-state index contributed by atoms with van der Waals surface area (Å²) < 4.78 is 2.16. The Kier molecular flexibility index (Phi) is 3.93. The van der Waals surface area contributed by atoms with E-state index < -0.39 is 0 Å². The molecular formula is C20H25N5O. The van der Waals surface area contributed by atoms with Crippen LogP contribution in [-0.4, -0.2) is 52.4 Å². The molecule has 0 bridgehead atoms. The van der Waals surface area contributed by atoms with Gasteiger partial charge in [-0.15, -0.1) is 0 Å². The van der Waals surface area contributed by atoms with Crippen LogP contribution in [0.3, 0.4) is 0 Å². The standard InChI is InChI=1S/C20H25N5O/c26-14-13-25-16-8-2-1-7-15(16)17-18(23-9-3-4-10-23)21-20(22-19(17)25)24-11-5-6-12-24/h1-2,7-8,26H,3-6,9-14H2. The minimum Gasteiger partial charge on any atom is -0.395 e. The Morgan fingerprint density at radius 1 is 0.885 bits per heavy atom. The molecule has 0 aliphatic carbocycles. The normalized spacial score (nSPS) is 17.9. The van der Waals surface area contributed by atoms with Gasteiger partial charge in [0.25, 0.3) is 0 Å². The molecule has 2 aliphatic rings. The van der Waals surface area contributed by atoms with Crippen LogP contribution in [0.1, 0.15) is 25.7 Å². The molecule has 2 fully saturated rings. The Morgan fingerprint density at radius 3 is 2.31 bits per heavy atom. The summed E-state index contributed by atoms with van der Waals surface area (Å²) in [5.74, 6) is 1.92. The van der Waals surface area contributed by atoms with Gasteiger partial charge in [-0.1, -0.05) is 18.2 Å². The lowest BCUT2D eigenvalue weighted by Gasteiger charge is -2.22. The van der Waals surface area contributed by atoms with Gasteiger partial charge in [0.05, 0.1) is 17.5 Å². The average Bonchev–Trinajstić information content (AvgIpc) is 3.43. The van der Waals surface area contributed by atoms with Crippen molar-refractivity contribution < 1.29 is 5.11 Å². The molecule has 2 aromatic heterocycles. The van der Waals surface area contributed by atoms with Gasteiger partial charge in [0.2, 0.25) is 5.95 Å². The number of aliphatic hydroxyl groups excluding tert-OH is 1. The monoisotopic (exact) mass is 351 g/mol. The molecule has 1 aromatic carbocycles. The van der Waals surface area contributed by atoms with Gasteiger partial charge in [-0.3, -0.25) is 0 Å². The van der Waals surface area contributed by atoms with Gasteiger partial charge in [-0.05, 0) is 31.7 Å². The summed E-state index contributed by atoms with van der Waals surface area (Å²) in [5.41, 5.74) is 2.09. The maximum absolute atomic E-state index is 9.63. The number of rotatable bonds is 4. The molecular weight excluding hydrogens is 326 g/mol. The highest BCUT2D eigenvalue weighted by Crippen LogP contribution is 2.37. The molecule has 0 unspecified atom stereocenters. The van der Waals surface area contributed by atoms with E-state index in [1.165, 1.54) is 31.1 Å². The van der Waals surface area contributed by atoms with Crippen molar-refractivity contribution in [3.05, 3.63) is 24.3 Å². The van der Waals surface area contributed by atoms with Crippen LogP contribution in [-0.2, 0) is 6.54 Å². The maximum Gasteiger partial charge on any atom is 0.229 e. The molecule has 0 radical (unpaired) electrons. The van der Waals surface area contributed by atoms with E-state index in [9.17, 15) is 5.11 Å². The third kappa shape index (κ3) is 2.43. The predicted octanol–water partition coefficient (Wildman–Crippen LogP) is 2.78. The first kappa shape index (κ1) is 15.9. The maximum atomic E-state index is 9.63. The molecule has 0 spiro atoms. The first-order valence-electron chi connectivity index (χ1n) is 9.76. The minimum absolute atomic E-state index is 0.107. The smallest absolute Gasteiger partial charge is 0.229 e. The van der Waals surface area contributed by atoms with Gasteiger partial charge >= 0.3 is 0 Å². The second-order valence-electron chi connectivity index (χ2n) is 7.33. The van der Waals surface area contributed by atoms with E-state index in [0.29, 0.717) is 6.54 Å². The molecule has 26 heavy (non-hydrogen) atoms. The number of benzene rings is 1. The summed E-state index contributed by atoms with van der Waals surface area (Å²) in [6.07, 6.45) is 4.86. The number of anilines is 2. The second kappa shape index (κ2) is 6.43. The molecule has 0 atom stereocenters. The van der Waals surface area contributed by atoms with Crippen LogP contribution in [0.4, 0.5) is 11.8 Å². The van der Waals surface area contributed by atoms with E-state index in [-0.39, 0.29) is 6.61 Å². The molecule has 6 nitrogen and oxygen atoms in total. The first-order valence-corrected chi connectivity index (χ1v) is 9.76. The van der Waals surface area contributed by atoms with Crippen molar-refractivity contribution in [2.75, 3.05) is 42.6 Å². The number of aliphatic hydroxyl groups is 1. The number of fused-ring (bicyclic) bond motifs is 3. The Balaban J connectivity index is 1.82. The highest BCUT2D eigenvalue weighted by molar-refractivity contribution is 6.12. The van der Waals surface area contributed by atoms with E-state index in [1.54, 1.807) is 0 Å². The number of aromatic nitrogens is 3. The average molecular weight is 351 g/mol. The highest BCUT2D eigenvalue weighted by atomic mass is 16.3. The van der Waals surface area contributed by atoms with Crippen molar-refractivity contribution in [3.63, 3.8) is 0 Å². The number of para-hydroxylation sites is 1. The van der Waals surface area contributed by atoms with Crippen molar-refractivity contribution in [3.8, 4) is 0 Å². The largest absolute Gasteiger partial charge is 0.395 e. The quantitative estimate of drug-likeness (QED) is 0.783. The Morgan fingerprint density at radius 2 is 1.58 bits per heavy atom. The fourth-order valence-corrected chi connectivity index (χ4v) is 4.44. The van der Waals surface area contributed by atoms with Gasteiger partial charge in [0.1, 0.15) is 11.5 Å². The van der Waals surface area contributed by atoms with Gasteiger partial charge < -0.3 is 19.5 Å². The van der Waals surface area contributed by atoms with Crippen LogP contribution in [0.5, 0.6) is 0 Å². The highest BCUT2D eigenvalue weighted by Gasteiger charge is 2.25. The molecule has 2 aliphatic heterocycles. The predicted molar refractivity (Wildman–Crippen MR) is 105 cm³/mol. The first-order chi connectivity index (χ1) is 12.9. The molecule has 2 saturated heterocycles. The molecule has 136 valence electrons. The SMILES string of the molecule is OCCn1c2ccccc2c2c(N3CCCC3)nc(N3CCCC3)nc21.